The minimum Gasteiger partial charge on any atom is -0.469 e. The summed E-state index contributed by atoms with van der Waals surface area (Å²) in [5.41, 5.74) is 0.770. The molecule has 0 amide bonds. The zero-order chi connectivity index (χ0) is 11.3. The minimum atomic E-state index is -0.554. The topological polar surface area (TPSA) is 43.4 Å². The molecule has 0 aromatic heterocycles. The Hall–Kier alpha value is -1.29. The monoisotopic (exact) mass is 224 g/mol. The van der Waals surface area contributed by atoms with Gasteiger partial charge in [0.05, 0.1) is 13.0 Å². The van der Waals surface area contributed by atoms with Gasteiger partial charge in [0.15, 0.2) is 5.12 Å². The maximum absolute atomic E-state index is 11.4. The first kappa shape index (κ1) is 11.8. The molecule has 1 unspecified atom stereocenters. The molecule has 0 N–H and O–H groups in total. The van der Waals surface area contributed by atoms with Gasteiger partial charge in [-0.1, -0.05) is 30.3 Å². The van der Waals surface area contributed by atoms with Crippen LogP contribution in [0.1, 0.15) is 17.9 Å². The average molecular weight is 224 g/mol. The molecule has 1 rings (SSSR count). The molecule has 1 aromatic carbocycles. The van der Waals surface area contributed by atoms with Crippen LogP contribution in [0, 0.1) is 0 Å². The summed E-state index contributed by atoms with van der Waals surface area (Å²) in [7, 11) is 1.31. The lowest BCUT2D eigenvalue weighted by Crippen LogP contribution is -2.16. The Morgan fingerprint density at radius 1 is 1.33 bits per heavy atom. The predicted molar refractivity (Wildman–Crippen MR) is 59.8 cm³/mol. The molecule has 0 radical (unpaired) electrons. The molecule has 0 fully saturated rings. The zero-order valence-corrected chi connectivity index (χ0v) is 9.24. The van der Waals surface area contributed by atoms with Crippen LogP contribution in [0.5, 0.6) is 0 Å². The number of esters is 1. The van der Waals surface area contributed by atoms with E-state index in [0.717, 1.165) is 5.56 Å². The molecule has 0 aliphatic rings. The summed E-state index contributed by atoms with van der Waals surface area (Å²) in [5.74, 6) is -0.968. The summed E-state index contributed by atoms with van der Waals surface area (Å²) in [6.45, 7) is 0. The van der Waals surface area contributed by atoms with E-state index in [1.807, 2.05) is 18.2 Å². The van der Waals surface area contributed by atoms with Gasteiger partial charge in [-0.2, -0.15) is 0 Å². The summed E-state index contributed by atoms with van der Waals surface area (Å²) < 4.78 is 4.64. The van der Waals surface area contributed by atoms with E-state index in [9.17, 15) is 9.59 Å². The third-order valence-electron chi connectivity index (χ3n) is 2.07. The van der Waals surface area contributed by atoms with Gasteiger partial charge in [0, 0.05) is 6.42 Å². The summed E-state index contributed by atoms with van der Waals surface area (Å²) in [6.07, 6.45) is 0.0554. The highest BCUT2D eigenvalue weighted by Crippen LogP contribution is 2.21. The van der Waals surface area contributed by atoms with Gasteiger partial charge in [0.1, 0.15) is 0 Å². The van der Waals surface area contributed by atoms with Crippen molar-refractivity contribution in [3.8, 4) is 0 Å². The number of benzene rings is 1. The highest BCUT2D eigenvalue weighted by atomic mass is 32.1. The first-order valence-electron chi connectivity index (χ1n) is 4.49. The van der Waals surface area contributed by atoms with Gasteiger partial charge in [0.25, 0.3) is 0 Å². The normalized spacial score (nSPS) is 11.9. The van der Waals surface area contributed by atoms with Crippen LogP contribution in [0.3, 0.4) is 0 Å². The fraction of sp³-hybridized carbons (Fsp3) is 0.273. The van der Waals surface area contributed by atoms with E-state index in [2.05, 4.69) is 17.4 Å². The van der Waals surface area contributed by atoms with Crippen LogP contribution in [0.15, 0.2) is 30.3 Å². The lowest BCUT2D eigenvalue weighted by atomic mass is 9.96. The van der Waals surface area contributed by atoms with Crippen LogP contribution in [0.2, 0.25) is 0 Å². The van der Waals surface area contributed by atoms with Gasteiger partial charge >= 0.3 is 5.97 Å². The van der Waals surface area contributed by atoms with Gasteiger partial charge in [-0.15, -0.1) is 12.6 Å². The molecule has 0 spiro atoms. The number of carbonyl (C=O) groups is 2. The van der Waals surface area contributed by atoms with Gasteiger partial charge in [-0.3, -0.25) is 9.59 Å². The van der Waals surface area contributed by atoms with E-state index in [0.29, 0.717) is 0 Å². The Morgan fingerprint density at radius 3 is 2.40 bits per heavy atom. The first-order valence-corrected chi connectivity index (χ1v) is 4.94. The summed E-state index contributed by atoms with van der Waals surface area (Å²) in [4.78, 5) is 22.3. The van der Waals surface area contributed by atoms with Crippen molar-refractivity contribution in [3.05, 3.63) is 35.9 Å². The Balaban J connectivity index is 2.91. The summed E-state index contributed by atoms with van der Waals surface area (Å²) >= 11 is 3.67. The molecule has 4 heteroatoms. The number of carbonyl (C=O) groups excluding carboxylic acids is 2. The molecule has 0 heterocycles. The van der Waals surface area contributed by atoms with E-state index in [4.69, 9.17) is 0 Å². The van der Waals surface area contributed by atoms with E-state index < -0.39 is 11.9 Å². The van der Waals surface area contributed by atoms with E-state index in [1.165, 1.54) is 7.11 Å². The average Bonchev–Trinajstić information content (AvgIpc) is 2.26. The zero-order valence-electron chi connectivity index (χ0n) is 8.34. The lowest BCUT2D eigenvalue weighted by Gasteiger charge is -2.12. The molecule has 0 aliphatic heterocycles. The summed E-state index contributed by atoms with van der Waals surface area (Å²) in [5, 5.41) is -0.325. The van der Waals surface area contributed by atoms with Crippen molar-refractivity contribution in [1.29, 1.82) is 0 Å². The van der Waals surface area contributed by atoms with Crippen molar-refractivity contribution < 1.29 is 14.3 Å². The molecule has 0 bridgehead atoms. The first-order chi connectivity index (χ1) is 7.15. The standard InChI is InChI=1S/C11H12O3S/c1-14-11(13)9(7-10(12)15)8-5-3-2-4-6-8/h2-6,9H,7H2,1H3,(H,12,15). The fourth-order valence-corrected chi connectivity index (χ4v) is 1.52. The molecular weight excluding hydrogens is 212 g/mol. The minimum absolute atomic E-state index is 0.0554. The smallest absolute Gasteiger partial charge is 0.313 e. The van der Waals surface area contributed by atoms with Gasteiger partial charge in [0.2, 0.25) is 0 Å². The van der Waals surface area contributed by atoms with E-state index in [-0.39, 0.29) is 11.5 Å². The Labute approximate surface area is 93.8 Å². The van der Waals surface area contributed by atoms with Crippen molar-refractivity contribution in [2.24, 2.45) is 0 Å². The molecule has 1 atom stereocenters. The van der Waals surface area contributed by atoms with Crippen molar-refractivity contribution in [2.75, 3.05) is 7.11 Å². The number of hydrogen-bond donors (Lipinski definition) is 1. The molecule has 0 saturated heterocycles. The summed E-state index contributed by atoms with van der Waals surface area (Å²) in [6, 6.07) is 9.06. The second kappa shape index (κ2) is 5.56. The Morgan fingerprint density at radius 2 is 1.93 bits per heavy atom. The van der Waals surface area contributed by atoms with Crippen LogP contribution < -0.4 is 0 Å². The number of thiol groups is 1. The second-order valence-electron chi connectivity index (χ2n) is 3.08. The third kappa shape index (κ3) is 3.40. The molecule has 3 nitrogen and oxygen atoms in total. The van der Waals surface area contributed by atoms with Crippen LogP contribution >= 0.6 is 12.6 Å². The Bertz CT molecular complexity index is 348. The third-order valence-corrected chi connectivity index (χ3v) is 2.25. The molecule has 0 aliphatic carbocycles. The fourth-order valence-electron chi connectivity index (χ4n) is 1.34. The van der Waals surface area contributed by atoms with Crippen molar-refractivity contribution in [3.63, 3.8) is 0 Å². The second-order valence-corrected chi connectivity index (χ2v) is 3.58. The number of methoxy groups -OCH3 is 1. The van der Waals surface area contributed by atoms with Crippen LogP contribution in [-0.4, -0.2) is 18.2 Å². The molecule has 80 valence electrons. The van der Waals surface area contributed by atoms with Crippen molar-refractivity contribution in [2.45, 2.75) is 12.3 Å². The van der Waals surface area contributed by atoms with Crippen molar-refractivity contribution >= 4 is 23.7 Å². The Kier molecular flexibility index (Phi) is 4.37. The highest BCUT2D eigenvalue weighted by molar-refractivity contribution is 7.96. The molecule has 0 saturated carbocycles. The lowest BCUT2D eigenvalue weighted by molar-refractivity contribution is -0.143. The largest absolute Gasteiger partial charge is 0.469 e. The van der Waals surface area contributed by atoms with Crippen LogP contribution in [0.25, 0.3) is 0 Å². The maximum Gasteiger partial charge on any atom is 0.313 e. The maximum atomic E-state index is 11.4. The predicted octanol–water partition coefficient (Wildman–Crippen LogP) is 1.79. The van der Waals surface area contributed by atoms with Gasteiger partial charge in [-0.05, 0) is 5.56 Å². The highest BCUT2D eigenvalue weighted by Gasteiger charge is 2.22. The quantitative estimate of drug-likeness (QED) is 0.626. The SMILES string of the molecule is COC(=O)C(CC(=O)S)c1ccccc1. The van der Waals surface area contributed by atoms with E-state index in [1.54, 1.807) is 12.1 Å². The molecular formula is C11H12O3S. The number of ether oxygens (including phenoxy) is 1. The van der Waals surface area contributed by atoms with Crippen molar-refractivity contribution in [1.82, 2.24) is 0 Å². The van der Waals surface area contributed by atoms with Crippen LogP contribution in [0.4, 0.5) is 0 Å². The number of rotatable bonds is 4. The van der Waals surface area contributed by atoms with Gasteiger partial charge < -0.3 is 4.74 Å². The van der Waals surface area contributed by atoms with Crippen LogP contribution in [-0.2, 0) is 14.3 Å². The number of hydrogen-bond acceptors (Lipinski definition) is 3. The van der Waals surface area contributed by atoms with Gasteiger partial charge in [-0.25, -0.2) is 0 Å². The van der Waals surface area contributed by atoms with E-state index >= 15 is 0 Å². The molecule has 15 heavy (non-hydrogen) atoms. The molecule has 1 aromatic rings.